The molecule has 0 spiro atoms. The molecule has 0 atom stereocenters. The first-order valence-corrected chi connectivity index (χ1v) is 6.13. The second kappa shape index (κ2) is 5.77. The number of imidazole rings is 1. The van der Waals surface area contributed by atoms with Crippen molar-refractivity contribution >= 4 is 22.4 Å². The van der Waals surface area contributed by atoms with E-state index in [0.717, 1.165) is 16.7 Å². The zero-order valence-corrected chi connectivity index (χ0v) is 10.9. The van der Waals surface area contributed by atoms with Gasteiger partial charge in [-0.3, -0.25) is 0 Å². The van der Waals surface area contributed by atoms with E-state index in [0.29, 0.717) is 18.8 Å². The molecule has 0 aliphatic carbocycles. The third kappa shape index (κ3) is 2.42. The smallest absolute Gasteiger partial charge is 0.116 e. The molecular formula is C12H19N5O2. The minimum absolute atomic E-state index is 0.0125. The van der Waals surface area contributed by atoms with E-state index < -0.39 is 0 Å². The van der Waals surface area contributed by atoms with Gasteiger partial charge < -0.3 is 26.3 Å². The lowest BCUT2D eigenvalue weighted by atomic mass is 10.2. The third-order valence-electron chi connectivity index (χ3n) is 3.03. The van der Waals surface area contributed by atoms with E-state index in [1.165, 1.54) is 0 Å². The Morgan fingerprint density at radius 2 is 2.00 bits per heavy atom. The molecule has 104 valence electrons. The van der Waals surface area contributed by atoms with Crippen molar-refractivity contribution in [3.8, 4) is 0 Å². The number of aromatic nitrogens is 2. The molecule has 7 heteroatoms. The van der Waals surface area contributed by atoms with Crippen LogP contribution in [0.15, 0.2) is 18.5 Å². The molecule has 1 heterocycles. The van der Waals surface area contributed by atoms with Gasteiger partial charge in [0.2, 0.25) is 0 Å². The van der Waals surface area contributed by atoms with Crippen LogP contribution in [0.5, 0.6) is 0 Å². The average molecular weight is 265 g/mol. The summed E-state index contributed by atoms with van der Waals surface area (Å²) in [7, 11) is 1.78. The van der Waals surface area contributed by atoms with Crippen LogP contribution >= 0.6 is 0 Å². The number of nitrogens with zero attached hydrogens (tertiary/aromatic N) is 3. The van der Waals surface area contributed by atoms with Gasteiger partial charge in [-0.2, -0.15) is 0 Å². The van der Waals surface area contributed by atoms with Crippen molar-refractivity contribution < 1.29 is 10.2 Å². The number of hydrogen-bond acceptors (Lipinski definition) is 6. The van der Waals surface area contributed by atoms with Crippen molar-refractivity contribution in [3.05, 3.63) is 18.5 Å². The topological polar surface area (TPSA) is 99.6 Å². The van der Waals surface area contributed by atoms with Crippen molar-refractivity contribution in [1.29, 1.82) is 0 Å². The van der Waals surface area contributed by atoms with Gasteiger partial charge in [0.25, 0.3) is 0 Å². The summed E-state index contributed by atoms with van der Waals surface area (Å²) in [5, 5.41) is 18.2. The maximum Gasteiger partial charge on any atom is 0.116 e. The molecule has 0 aliphatic rings. The molecule has 2 rings (SSSR count). The highest BCUT2D eigenvalue weighted by Gasteiger charge is 2.15. The van der Waals surface area contributed by atoms with Crippen LogP contribution in [0.2, 0.25) is 0 Å². The van der Waals surface area contributed by atoms with Crippen molar-refractivity contribution in [2.24, 2.45) is 0 Å². The van der Waals surface area contributed by atoms with Gasteiger partial charge >= 0.3 is 0 Å². The number of benzene rings is 1. The first kappa shape index (κ1) is 13.4. The van der Waals surface area contributed by atoms with Crippen molar-refractivity contribution in [2.45, 2.75) is 0 Å². The fraction of sp³-hybridized carbons (Fsp3) is 0.417. The zero-order chi connectivity index (χ0) is 13.8. The van der Waals surface area contributed by atoms with E-state index in [-0.39, 0.29) is 13.2 Å². The minimum atomic E-state index is 0.0125. The molecule has 0 amide bonds. The second-order valence-corrected chi connectivity index (χ2v) is 4.14. The fourth-order valence-corrected chi connectivity index (χ4v) is 2.16. The number of anilines is 2. The number of nitrogens with two attached hydrogens (primary N) is 1. The van der Waals surface area contributed by atoms with Gasteiger partial charge in [0.15, 0.2) is 0 Å². The lowest BCUT2D eigenvalue weighted by Crippen LogP contribution is -2.29. The first-order chi connectivity index (χ1) is 9.22. The Kier molecular flexibility index (Phi) is 4.08. The molecule has 0 aliphatic heterocycles. The van der Waals surface area contributed by atoms with Crippen LogP contribution in [0.25, 0.3) is 11.0 Å². The highest BCUT2D eigenvalue weighted by atomic mass is 16.3. The third-order valence-corrected chi connectivity index (χ3v) is 3.03. The molecule has 0 unspecified atom stereocenters. The Balaban J connectivity index is 2.53. The number of hydrogen-bond donors (Lipinski definition) is 4. The average Bonchev–Trinajstić information content (AvgIpc) is 2.84. The summed E-state index contributed by atoms with van der Waals surface area (Å²) in [6.45, 7) is 0.898. The van der Waals surface area contributed by atoms with Crippen molar-refractivity contribution in [2.75, 3.05) is 49.4 Å². The zero-order valence-electron chi connectivity index (χ0n) is 10.9. The summed E-state index contributed by atoms with van der Waals surface area (Å²) >= 11 is 0. The van der Waals surface area contributed by atoms with E-state index in [1.807, 2.05) is 11.0 Å². The number of aliphatic hydroxyl groups excluding tert-OH is 2. The van der Waals surface area contributed by atoms with Crippen LogP contribution in [0, 0.1) is 0 Å². The molecule has 0 fully saturated rings. The summed E-state index contributed by atoms with van der Waals surface area (Å²) in [6.07, 6.45) is 1.65. The molecule has 0 radical (unpaired) electrons. The molecule has 2 aromatic rings. The van der Waals surface area contributed by atoms with Crippen molar-refractivity contribution in [1.82, 2.24) is 9.66 Å². The Labute approximate surface area is 111 Å². The molecule has 5 N–H and O–H groups in total. The molecule has 19 heavy (non-hydrogen) atoms. The summed E-state index contributed by atoms with van der Waals surface area (Å²) in [5.74, 6) is 0. The quantitative estimate of drug-likeness (QED) is 0.530. The van der Waals surface area contributed by atoms with E-state index in [4.69, 9.17) is 15.9 Å². The van der Waals surface area contributed by atoms with Gasteiger partial charge in [-0.1, -0.05) is 0 Å². The predicted molar refractivity (Wildman–Crippen MR) is 75.8 cm³/mol. The van der Waals surface area contributed by atoms with E-state index in [2.05, 4.69) is 10.4 Å². The highest BCUT2D eigenvalue weighted by Crippen LogP contribution is 2.29. The Morgan fingerprint density at radius 1 is 1.32 bits per heavy atom. The minimum Gasteiger partial charge on any atom is -0.397 e. The van der Waals surface area contributed by atoms with Crippen molar-refractivity contribution in [3.63, 3.8) is 0 Å². The molecule has 0 saturated carbocycles. The molecule has 1 aromatic heterocycles. The van der Waals surface area contributed by atoms with Gasteiger partial charge in [-0.05, 0) is 12.1 Å². The van der Waals surface area contributed by atoms with Gasteiger partial charge in [0.05, 0.1) is 24.6 Å². The number of nitrogen functional groups attached to an aromatic ring is 1. The van der Waals surface area contributed by atoms with Gasteiger partial charge in [-0.25, -0.2) is 9.66 Å². The predicted octanol–water partition coefficient (Wildman–Crippen LogP) is -0.417. The maximum absolute atomic E-state index is 9.12. The first-order valence-electron chi connectivity index (χ1n) is 6.13. The number of fused-ring (bicyclic) bond motifs is 1. The lowest BCUT2D eigenvalue weighted by molar-refractivity contribution is 0.281. The highest BCUT2D eigenvalue weighted by molar-refractivity contribution is 5.96. The van der Waals surface area contributed by atoms with E-state index in [9.17, 15) is 0 Å². The Morgan fingerprint density at radius 3 is 2.58 bits per heavy atom. The van der Waals surface area contributed by atoms with Crippen LogP contribution in [-0.2, 0) is 0 Å². The maximum atomic E-state index is 9.12. The van der Waals surface area contributed by atoms with Crippen LogP contribution in [-0.4, -0.2) is 53.2 Å². The Bertz CT molecular complexity index is 548. The Hall–Kier alpha value is -1.99. The van der Waals surface area contributed by atoms with Gasteiger partial charge in [0, 0.05) is 20.1 Å². The standard InChI is InChI=1S/C12H19N5O2/c1-14-17-8-15-11-10(3-2-9(13)12(11)17)16(4-6-18)5-7-19/h2-3,8,14,18-19H,4-7,13H2,1H3. The number of aliphatic hydroxyl groups is 2. The molecular weight excluding hydrogens is 246 g/mol. The summed E-state index contributed by atoms with van der Waals surface area (Å²) in [6, 6.07) is 3.66. The van der Waals surface area contributed by atoms with Crippen LogP contribution < -0.4 is 16.1 Å². The summed E-state index contributed by atoms with van der Waals surface area (Å²) < 4.78 is 1.74. The van der Waals surface area contributed by atoms with E-state index >= 15 is 0 Å². The van der Waals surface area contributed by atoms with Gasteiger partial charge in [0.1, 0.15) is 17.4 Å². The number of nitrogens with one attached hydrogen (secondary N) is 1. The van der Waals surface area contributed by atoms with Crippen LogP contribution in [0.3, 0.4) is 0 Å². The van der Waals surface area contributed by atoms with Crippen LogP contribution in [0.4, 0.5) is 11.4 Å². The SMILES string of the molecule is CNn1cnc2c(N(CCO)CCO)ccc(N)c21. The second-order valence-electron chi connectivity index (χ2n) is 4.14. The van der Waals surface area contributed by atoms with E-state index in [1.54, 1.807) is 24.1 Å². The molecule has 1 aromatic carbocycles. The molecule has 0 bridgehead atoms. The summed E-state index contributed by atoms with van der Waals surface area (Å²) in [4.78, 5) is 6.23. The molecule has 7 nitrogen and oxygen atoms in total. The van der Waals surface area contributed by atoms with Crippen LogP contribution in [0.1, 0.15) is 0 Å². The normalized spacial score (nSPS) is 10.9. The van der Waals surface area contributed by atoms with Gasteiger partial charge in [-0.15, -0.1) is 0 Å². The number of rotatable bonds is 6. The largest absolute Gasteiger partial charge is 0.397 e. The fourth-order valence-electron chi connectivity index (χ4n) is 2.16. The lowest BCUT2D eigenvalue weighted by Gasteiger charge is -2.23. The monoisotopic (exact) mass is 265 g/mol. The summed E-state index contributed by atoms with van der Waals surface area (Å²) in [5.41, 5.74) is 12.0. The molecule has 0 saturated heterocycles.